The minimum Gasteiger partial charge on any atom is -0.493 e. The number of carbonyl (C=O) groups excluding carboxylic acids is 1. The number of aromatic nitrogens is 2. The van der Waals surface area contributed by atoms with Gasteiger partial charge in [-0.2, -0.15) is 0 Å². The van der Waals surface area contributed by atoms with Gasteiger partial charge in [-0.15, -0.1) is 0 Å². The average molecular weight is 491 g/mol. The Kier molecular flexibility index (Phi) is 5.83. The summed E-state index contributed by atoms with van der Waals surface area (Å²) in [6, 6.07) is 14.2. The summed E-state index contributed by atoms with van der Waals surface area (Å²) in [4.78, 5) is 26.7. The topological polar surface area (TPSA) is 74.5 Å². The lowest BCUT2D eigenvalue weighted by molar-refractivity contribution is -0.117. The van der Waals surface area contributed by atoms with Crippen molar-refractivity contribution in [2.24, 2.45) is 0 Å². The van der Waals surface area contributed by atoms with Crippen LogP contribution in [0.25, 0.3) is 5.69 Å². The number of rotatable bonds is 5. The fraction of sp³-hybridized carbons (Fsp3) is 0.185. The highest BCUT2D eigenvalue weighted by molar-refractivity contribution is 5.90. The number of hydrogen-bond donors (Lipinski definition) is 1. The predicted molar refractivity (Wildman–Crippen MR) is 130 cm³/mol. The number of carbonyl (C=O) groups is 1. The molecule has 1 amide bonds. The Morgan fingerprint density at radius 3 is 2.61 bits per heavy atom. The third-order valence-corrected chi connectivity index (χ3v) is 6.11. The number of anilines is 1. The maximum atomic E-state index is 13.7. The summed E-state index contributed by atoms with van der Waals surface area (Å²) < 4.78 is 41.5. The molecule has 0 saturated heterocycles. The number of nitrogens with one attached hydrogen (secondary N) is 1. The minimum atomic E-state index is -1.08. The molecule has 9 heteroatoms. The first-order valence-electron chi connectivity index (χ1n) is 11.3. The molecule has 0 bridgehead atoms. The van der Waals surface area contributed by atoms with Crippen molar-refractivity contribution in [3.8, 4) is 23.1 Å². The Morgan fingerprint density at radius 1 is 1.08 bits per heavy atom. The van der Waals surface area contributed by atoms with Gasteiger partial charge in [0.2, 0.25) is 11.8 Å². The van der Waals surface area contributed by atoms with Crippen molar-refractivity contribution in [1.82, 2.24) is 9.36 Å². The molecule has 7 nitrogen and oxygen atoms in total. The summed E-state index contributed by atoms with van der Waals surface area (Å²) >= 11 is 0. The number of methoxy groups -OCH3 is 1. The number of hydrogen-bond acceptors (Lipinski definition) is 4. The van der Waals surface area contributed by atoms with Crippen LogP contribution in [-0.4, -0.2) is 22.4 Å². The zero-order valence-corrected chi connectivity index (χ0v) is 19.9. The maximum absolute atomic E-state index is 13.7. The fourth-order valence-corrected chi connectivity index (χ4v) is 4.44. The zero-order chi connectivity index (χ0) is 25.6. The Balaban J connectivity index is 1.61. The van der Waals surface area contributed by atoms with Crippen LogP contribution >= 0.6 is 0 Å². The molecule has 184 valence electrons. The van der Waals surface area contributed by atoms with Crippen molar-refractivity contribution in [2.75, 3.05) is 12.4 Å². The lowest BCUT2D eigenvalue weighted by atomic mass is 10.0. The standard InChI is InChI=1S/C27H23F2N3O4/c1-15-7-10-22(16(2)11-15)32-26(34)19-12-17-5-4-6-23(35-3)25(17)36-27(19)31(32)14-24(33)30-18-8-9-20(28)21(29)13-18/h4-11,13H,12,14H2,1-3H3,(H,30,33). The molecule has 0 spiro atoms. The molecule has 3 aromatic carbocycles. The van der Waals surface area contributed by atoms with Gasteiger partial charge in [0.25, 0.3) is 5.56 Å². The zero-order valence-electron chi connectivity index (χ0n) is 19.9. The van der Waals surface area contributed by atoms with Gasteiger partial charge >= 0.3 is 0 Å². The van der Waals surface area contributed by atoms with Gasteiger partial charge in [-0.25, -0.2) is 18.1 Å². The molecule has 36 heavy (non-hydrogen) atoms. The van der Waals surface area contributed by atoms with Crippen molar-refractivity contribution in [2.45, 2.75) is 26.8 Å². The highest BCUT2D eigenvalue weighted by Crippen LogP contribution is 2.42. The molecule has 1 aromatic heterocycles. The van der Waals surface area contributed by atoms with Crippen LogP contribution in [0.4, 0.5) is 14.5 Å². The van der Waals surface area contributed by atoms with E-state index in [1.165, 1.54) is 22.5 Å². The van der Waals surface area contributed by atoms with Gasteiger partial charge in [-0.05, 0) is 43.7 Å². The van der Waals surface area contributed by atoms with Gasteiger partial charge in [-0.1, -0.05) is 29.8 Å². The molecule has 2 heterocycles. The van der Waals surface area contributed by atoms with Crippen molar-refractivity contribution >= 4 is 11.6 Å². The van der Waals surface area contributed by atoms with E-state index in [0.717, 1.165) is 28.8 Å². The normalized spacial score (nSPS) is 11.9. The number of halogens is 2. The molecule has 0 aliphatic carbocycles. The van der Waals surface area contributed by atoms with Gasteiger partial charge in [0, 0.05) is 23.7 Å². The lowest BCUT2D eigenvalue weighted by Gasteiger charge is -2.21. The van der Waals surface area contributed by atoms with E-state index in [1.54, 1.807) is 6.07 Å². The van der Waals surface area contributed by atoms with Gasteiger partial charge < -0.3 is 14.8 Å². The molecule has 4 aromatic rings. The predicted octanol–water partition coefficient (Wildman–Crippen LogP) is 4.88. The lowest BCUT2D eigenvalue weighted by Crippen LogP contribution is -2.28. The molecule has 0 unspecified atom stereocenters. The molecule has 1 N–H and O–H groups in total. The summed E-state index contributed by atoms with van der Waals surface area (Å²) in [6.45, 7) is 3.51. The van der Waals surface area contributed by atoms with E-state index in [0.29, 0.717) is 29.2 Å². The van der Waals surface area contributed by atoms with Gasteiger partial charge in [0.15, 0.2) is 23.1 Å². The molecular weight excluding hydrogens is 468 g/mol. The third-order valence-electron chi connectivity index (χ3n) is 6.11. The maximum Gasteiger partial charge on any atom is 0.278 e. The van der Waals surface area contributed by atoms with Crippen LogP contribution in [0.15, 0.2) is 59.4 Å². The number of nitrogens with zero attached hydrogens (tertiary/aromatic N) is 2. The summed E-state index contributed by atoms with van der Waals surface area (Å²) in [5, 5.41) is 2.56. The largest absolute Gasteiger partial charge is 0.493 e. The van der Waals surface area contributed by atoms with E-state index >= 15 is 0 Å². The van der Waals surface area contributed by atoms with Crippen LogP contribution in [0.3, 0.4) is 0 Å². The number of fused-ring (bicyclic) bond motifs is 2. The number of benzene rings is 3. The molecule has 1 aliphatic rings. The number of ether oxygens (including phenoxy) is 2. The highest BCUT2D eigenvalue weighted by Gasteiger charge is 2.31. The molecule has 0 saturated carbocycles. The van der Waals surface area contributed by atoms with Crippen LogP contribution in [0.2, 0.25) is 0 Å². The Bertz CT molecular complexity index is 1570. The van der Waals surface area contributed by atoms with Crippen molar-refractivity contribution in [3.63, 3.8) is 0 Å². The third kappa shape index (κ3) is 4.02. The minimum absolute atomic E-state index is 0.0910. The molecule has 0 fully saturated rings. The molecule has 0 radical (unpaired) electrons. The van der Waals surface area contributed by atoms with Crippen LogP contribution in [0, 0.1) is 25.5 Å². The van der Waals surface area contributed by atoms with E-state index in [9.17, 15) is 18.4 Å². The number of aryl methyl sites for hydroxylation is 2. The number of amides is 1. The van der Waals surface area contributed by atoms with E-state index in [-0.39, 0.29) is 23.7 Å². The fourth-order valence-electron chi connectivity index (χ4n) is 4.44. The van der Waals surface area contributed by atoms with E-state index in [2.05, 4.69) is 5.32 Å². The second-order valence-corrected chi connectivity index (χ2v) is 8.65. The second-order valence-electron chi connectivity index (χ2n) is 8.65. The van der Waals surface area contributed by atoms with Crippen LogP contribution in [0.5, 0.6) is 17.4 Å². The Morgan fingerprint density at radius 2 is 1.89 bits per heavy atom. The van der Waals surface area contributed by atoms with E-state index in [1.807, 2.05) is 44.2 Å². The molecule has 0 atom stereocenters. The van der Waals surface area contributed by atoms with Gasteiger partial charge in [-0.3, -0.25) is 9.59 Å². The summed E-state index contributed by atoms with van der Waals surface area (Å²) in [5.74, 6) is -1.45. The van der Waals surface area contributed by atoms with Crippen molar-refractivity contribution in [3.05, 3.63) is 98.8 Å². The molecular formula is C27H23F2N3O4. The Hall–Kier alpha value is -4.40. The second kappa shape index (κ2) is 8.99. The van der Waals surface area contributed by atoms with Gasteiger partial charge in [0.1, 0.15) is 6.54 Å². The van der Waals surface area contributed by atoms with E-state index in [4.69, 9.17) is 9.47 Å². The van der Waals surface area contributed by atoms with E-state index < -0.39 is 17.5 Å². The van der Waals surface area contributed by atoms with Crippen LogP contribution in [-0.2, 0) is 17.8 Å². The molecule has 5 rings (SSSR count). The average Bonchev–Trinajstić information content (AvgIpc) is 3.10. The van der Waals surface area contributed by atoms with Crippen molar-refractivity contribution in [1.29, 1.82) is 0 Å². The molecule has 1 aliphatic heterocycles. The summed E-state index contributed by atoms with van der Waals surface area (Å²) in [6.07, 6.45) is 0.295. The number of para-hydroxylation sites is 1. The van der Waals surface area contributed by atoms with Crippen molar-refractivity contribution < 1.29 is 23.0 Å². The van der Waals surface area contributed by atoms with Crippen LogP contribution < -0.4 is 20.3 Å². The quantitative estimate of drug-likeness (QED) is 0.380. The first-order valence-corrected chi connectivity index (χ1v) is 11.3. The first-order chi connectivity index (χ1) is 17.3. The van der Waals surface area contributed by atoms with Crippen LogP contribution in [0.1, 0.15) is 22.3 Å². The first kappa shape index (κ1) is 23.3. The smallest absolute Gasteiger partial charge is 0.278 e. The SMILES string of the molecule is COc1cccc2c1Oc1c(c(=O)n(-c3ccc(C)cc3C)n1CC(=O)Nc1ccc(F)c(F)c1)C2. The van der Waals surface area contributed by atoms with Gasteiger partial charge in [0.05, 0.1) is 18.4 Å². The highest BCUT2D eigenvalue weighted by atomic mass is 19.2. The Labute approximate surface area is 205 Å². The monoisotopic (exact) mass is 491 g/mol. The summed E-state index contributed by atoms with van der Waals surface area (Å²) in [7, 11) is 1.53. The summed E-state index contributed by atoms with van der Waals surface area (Å²) in [5.41, 5.74) is 3.42.